The summed E-state index contributed by atoms with van der Waals surface area (Å²) in [4.78, 5) is 20.3. The number of hydrogen-bond donors (Lipinski definition) is 1. The number of aromatic nitrogens is 6. The van der Waals surface area contributed by atoms with Crippen molar-refractivity contribution in [1.29, 1.82) is 0 Å². The second-order valence-electron chi connectivity index (χ2n) is 7.93. The molecule has 0 spiro atoms. The predicted molar refractivity (Wildman–Crippen MR) is 117 cm³/mol. The molecule has 3 aromatic heterocycles. The summed E-state index contributed by atoms with van der Waals surface area (Å²) in [6, 6.07) is 8.07. The van der Waals surface area contributed by atoms with Crippen LogP contribution in [0.2, 0.25) is 0 Å². The van der Waals surface area contributed by atoms with Gasteiger partial charge >= 0.3 is 0 Å². The minimum absolute atomic E-state index is 0.136. The molecule has 2 N–H and O–H groups in total. The summed E-state index contributed by atoms with van der Waals surface area (Å²) >= 11 is 0. The Kier molecular flexibility index (Phi) is 4.54. The number of benzene rings is 1. The predicted octanol–water partition coefficient (Wildman–Crippen LogP) is 1.48. The molecule has 9 nitrogen and oxygen atoms in total. The highest BCUT2D eigenvalue weighted by atomic mass is 16.1. The van der Waals surface area contributed by atoms with E-state index < -0.39 is 0 Å². The number of anilines is 1. The quantitative estimate of drug-likeness (QED) is 0.551. The Hall–Kier alpha value is -3.20. The minimum Gasteiger partial charge on any atom is -0.341 e. The van der Waals surface area contributed by atoms with Crippen LogP contribution < -0.4 is 16.2 Å². The van der Waals surface area contributed by atoms with Crippen LogP contribution in [0.15, 0.2) is 35.3 Å². The van der Waals surface area contributed by atoms with Crippen molar-refractivity contribution in [3.05, 3.63) is 46.5 Å². The maximum Gasteiger partial charge on any atom is 0.293 e. The lowest BCUT2D eigenvalue weighted by Crippen LogP contribution is -2.44. The molecular weight excluding hydrogens is 380 g/mol. The number of hydrogen-bond acceptors (Lipinski definition) is 6. The monoisotopic (exact) mass is 406 g/mol. The van der Waals surface area contributed by atoms with Crippen LogP contribution in [-0.4, -0.2) is 48.2 Å². The van der Waals surface area contributed by atoms with Gasteiger partial charge in [0.25, 0.3) is 5.56 Å². The van der Waals surface area contributed by atoms with Crippen molar-refractivity contribution in [2.24, 2.45) is 12.8 Å². The fourth-order valence-corrected chi connectivity index (χ4v) is 4.45. The first kappa shape index (κ1) is 18.8. The standard InChI is InChI=1S/C21H26N8O/c1-3-28-19-17(24-21(28)27-10-6-7-14(22)12-27)11-23-29(20(19)30)13-18-15-8-4-5-9-16(15)25-26(18)2/h4-5,8-9,11,14H,3,6-7,10,12-13,22H2,1-2H3/t14-/m1/s1. The molecule has 1 atom stereocenters. The lowest BCUT2D eigenvalue weighted by Gasteiger charge is -2.31. The molecule has 4 aromatic rings. The van der Waals surface area contributed by atoms with E-state index in [0.717, 1.165) is 48.5 Å². The molecule has 5 rings (SSSR count). The number of fused-ring (bicyclic) bond motifs is 2. The Morgan fingerprint density at radius 3 is 2.87 bits per heavy atom. The van der Waals surface area contributed by atoms with Crippen molar-refractivity contribution in [2.75, 3.05) is 18.0 Å². The summed E-state index contributed by atoms with van der Waals surface area (Å²) < 4.78 is 5.32. The zero-order valence-corrected chi connectivity index (χ0v) is 17.3. The van der Waals surface area contributed by atoms with Gasteiger partial charge in [-0.25, -0.2) is 9.67 Å². The maximum atomic E-state index is 13.4. The van der Waals surface area contributed by atoms with E-state index in [0.29, 0.717) is 24.1 Å². The molecule has 0 amide bonds. The third-order valence-corrected chi connectivity index (χ3v) is 5.95. The molecule has 9 heteroatoms. The summed E-state index contributed by atoms with van der Waals surface area (Å²) in [5, 5.41) is 10.00. The SMILES string of the molecule is CCn1c(N2CCC[C@@H](N)C2)nc2cnn(Cc3c4ccccc4nn3C)c(=O)c21. The average Bonchev–Trinajstić information content (AvgIpc) is 3.28. The normalized spacial score (nSPS) is 17.3. The molecule has 1 saturated heterocycles. The summed E-state index contributed by atoms with van der Waals surface area (Å²) in [7, 11) is 1.90. The van der Waals surface area contributed by atoms with Gasteiger partial charge in [0.1, 0.15) is 11.0 Å². The highest BCUT2D eigenvalue weighted by Crippen LogP contribution is 2.23. The molecule has 0 bridgehead atoms. The highest BCUT2D eigenvalue weighted by Gasteiger charge is 2.24. The van der Waals surface area contributed by atoms with Gasteiger partial charge in [-0.15, -0.1) is 0 Å². The second-order valence-corrected chi connectivity index (χ2v) is 7.93. The summed E-state index contributed by atoms with van der Waals surface area (Å²) in [6.45, 7) is 4.70. The zero-order chi connectivity index (χ0) is 20.8. The van der Waals surface area contributed by atoms with Crippen LogP contribution in [0.3, 0.4) is 0 Å². The van der Waals surface area contributed by atoms with E-state index in [9.17, 15) is 4.79 Å². The smallest absolute Gasteiger partial charge is 0.293 e. The van der Waals surface area contributed by atoms with Gasteiger partial charge in [-0.1, -0.05) is 18.2 Å². The van der Waals surface area contributed by atoms with Gasteiger partial charge in [-0.05, 0) is 25.8 Å². The molecule has 1 aliphatic heterocycles. The van der Waals surface area contributed by atoms with Crippen molar-refractivity contribution >= 4 is 27.9 Å². The van der Waals surface area contributed by atoms with Gasteiger partial charge in [0.15, 0.2) is 0 Å². The molecule has 1 aromatic carbocycles. The van der Waals surface area contributed by atoms with E-state index in [2.05, 4.69) is 15.1 Å². The first-order valence-electron chi connectivity index (χ1n) is 10.4. The van der Waals surface area contributed by atoms with Crippen LogP contribution in [0.25, 0.3) is 21.9 Å². The van der Waals surface area contributed by atoms with E-state index >= 15 is 0 Å². The maximum absolute atomic E-state index is 13.4. The van der Waals surface area contributed by atoms with Crippen LogP contribution in [-0.2, 0) is 20.1 Å². The van der Waals surface area contributed by atoms with E-state index in [-0.39, 0.29) is 11.6 Å². The zero-order valence-electron chi connectivity index (χ0n) is 17.3. The number of imidazole rings is 1. The first-order valence-corrected chi connectivity index (χ1v) is 10.4. The molecular formula is C21H26N8O. The molecule has 1 aliphatic rings. The van der Waals surface area contributed by atoms with Crippen molar-refractivity contribution in [2.45, 2.75) is 38.9 Å². The number of rotatable bonds is 4. The van der Waals surface area contributed by atoms with Crippen LogP contribution in [0.1, 0.15) is 25.5 Å². The van der Waals surface area contributed by atoms with Crippen LogP contribution >= 0.6 is 0 Å². The van der Waals surface area contributed by atoms with E-state index in [1.807, 2.05) is 47.5 Å². The molecule has 156 valence electrons. The molecule has 0 unspecified atom stereocenters. The van der Waals surface area contributed by atoms with Crippen molar-refractivity contribution in [3.8, 4) is 0 Å². The summed E-state index contributed by atoms with van der Waals surface area (Å²) in [5.41, 5.74) is 9.11. The number of nitrogens with two attached hydrogens (primary N) is 1. The van der Waals surface area contributed by atoms with Crippen molar-refractivity contribution in [3.63, 3.8) is 0 Å². The van der Waals surface area contributed by atoms with Gasteiger partial charge in [0.2, 0.25) is 5.95 Å². The van der Waals surface area contributed by atoms with Gasteiger partial charge in [-0.3, -0.25) is 9.48 Å². The highest BCUT2D eigenvalue weighted by molar-refractivity contribution is 5.81. The molecule has 1 fully saturated rings. The Balaban J connectivity index is 1.60. The topological polar surface area (TPSA) is 99.8 Å². The lowest BCUT2D eigenvalue weighted by molar-refractivity contribution is 0.494. The number of nitrogens with zero attached hydrogens (tertiary/aromatic N) is 7. The van der Waals surface area contributed by atoms with Crippen molar-refractivity contribution < 1.29 is 0 Å². The van der Waals surface area contributed by atoms with Gasteiger partial charge in [-0.2, -0.15) is 10.2 Å². The molecule has 0 radical (unpaired) electrons. The second kappa shape index (κ2) is 7.24. The van der Waals surface area contributed by atoms with Crippen LogP contribution in [0, 0.1) is 0 Å². The largest absolute Gasteiger partial charge is 0.341 e. The van der Waals surface area contributed by atoms with Crippen LogP contribution in [0.5, 0.6) is 0 Å². The Bertz CT molecular complexity index is 1280. The third kappa shape index (κ3) is 2.97. The van der Waals surface area contributed by atoms with E-state index in [4.69, 9.17) is 10.7 Å². The molecule has 4 heterocycles. The summed E-state index contributed by atoms with van der Waals surface area (Å²) in [6.07, 6.45) is 3.74. The first-order chi connectivity index (χ1) is 14.6. The minimum atomic E-state index is -0.139. The number of piperidine rings is 1. The van der Waals surface area contributed by atoms with E-state index in [1.165, 1.54) is 4.68 Å². The van der Waals surface area contributed by atoms with Gasteiger partial charge < -0.3 is 15.2 Å². The summed E-state index contributed by atoms with van der Waals surface area (Å²) in [5.74, 6) is 0.810. The molecule has 0 aliphatic carbocycles. The fraction of sp³-hybridized carbons (Fsp3) is 0.429. The van der Waals surface area contributed by atoms with Crippen LogP contribution in [0.4, 0.5) is 5.95 Å². The molecule has 0 saturated carbocycles. The van der Waals surface area contributed by atoms with Gasteiger partial charge in [0.05, 0.1) is 24.0 Å². The fourth-order valence-electron chi connectivity index (χ4n) is 4.45. The van der Waals surface area contributed by atoms with Crippen molar-refractivity contribution in [1.82, 2.24) is 29.1 Å². The Labute approximate surface area is 173 Å². The Morgan fingerprint density at radius 1 is 1.23 bits per heavy atom. The number of aryl methyl sites for hydroxylation is 2. The average molecular weight is 406 g/mol. The Morgan fingerprint density at radius 2 is 2.07 bits per heavy atom. The van der Waals surface area contributed by atoms with E-state index in [1.54, 1.807) is 6.20 Å². The van der Waals surface area contributed by atoms with Gasteiger partial charge in [0, 0.05) is 38.1 Å². The third-order valence-electron chi connectivity index (χ3n) is 5.95. The molecule has 30 heavy (non-hydrogen) atoms. The lowest BCUT2D eigenvalue weighted by atomic mass is 10.1.